The smallest absolute Gasteiger partial charge is 0.226 e. The Morgan fingerprint density at radius 3 is 2.80 bits per heavy atom. The molecule has 2 rings (SSSR count). The van der Waals surface area contributed by atoms with Gasteiger partial charge in [-0.25, -0.2) is 4.39 Å². The number of hydrogen-bond donors (Lipinski definition) is 0. The van der Waals surface area contributed by atoms with E-state index in [-0.39, 0.29) is 17.8 Å². The van der Waals surface area contributed by atoms with E-state index in [1.807, 2.05) is 0 Å². The van der Waals surface area contributed by atoms with Gasteiger partial charge in [0.2, 0.25) is 5.91 Å². The van der Waals surface area contributed by atoms with Gasteiger partial charge < -0.3 is 14.5 Å². The highest BCUT2D eigenvalue weighted by Crippen LogP contribution is 2.08. The van der Waals surface area contributed by atoms with Gasteiger partial charge in [-0.1, -0.05) is 12.1 Å². The summed E-state index contributed by atoms with van der Waals surface area (Å²) < 4.78 is 18.5. The van der Waals surface area contributed by atoms with Crippen molar-refractivity contribution in [2.75, 3.05) is 40.3 Å². The Morgan fingerprint density at radius 2 is 2.15 bits per heavy atom. The number of benzene rings is 1. The molecule has 0 saturated carbocycles. The Morgan fingerprint density at radius 1 is 1.45 bits per heavy atom. The van der Waals surface area contributed by atoms with Crippen molar-refractivity contribution in [3.05, 3.63) is 35.6 Å². The lowest BCUT2D eigenvalue weighted by atomic mass is 10.1. The highest BCUT2D eigenvalue weighted by atomic mass is 19.1. The van der Waals surface area contributed by atoms with E-state index in [2.05, 4.69) is 11.9 Å². The molecule has 1 amide bonds. The number of amides is 1. The molecular formula is C15H21FN2O2. The Hall–Kier alpha value is -1.46. The topological polar surface area (TPSA) is 32.8 Å². The van der Waals surface area contributed by atoms with Crippen molar-refractivity contribution >= 4 is 5.91 Å². The molecule has 110 valence electrons. The standard InChI is InChI=1S/C15H21FN2O2/c1-17-7-8-20-14(10-17)11-18(2)15(19)9-12-3-5-13(16)6-4-12/h3-6,14H,7-11H2,1-2H3. The van der Waals surface area contributed by atoms with Crippen LogP contribution in [0, 0.1) is 5.82 Å². The lowest BCUT2D eigenvalue weighted by Gasteiger charge is -2.32. The average molecular weight is 280 g/mol. The maximum absolute atomic E-state index is 12.8. The molecule has 4 nitrogen and oxygen atoms in total. The van der Waals surface area contributed by atoms with Gasteiger partial charge in [-0.05, 0) is 24.7 Å². The van der Waals surface area contributed by atoms with E-state index in [9.17, 15) is 9.18 Å². The Bertz CT molecular complexity index is 450. The van der Waals surface area contributed by atoms with Gasteiger partial charge in [-0.2, -0.15) is 0 Å². The van der Waals surface area contributed by atoms with Crippen LogP contribution >= 0.6 is 0 Å². The van der Waals surface area contributed by atoms with E-state index in [0.717, 1.165) is 18.7 Å². The zero-order chi connectivity index (χ0) is 14.5. The third-order valence-corrected chi connectivity index (χ3v) is 3.51. The number of morpholine rings is 1. The van der Waals surface area contributed by atoms with E-state index in [0.29, 0.717) is 19.6 Å². The molecule has 1 unspecified atom stereocenters. The van der Waals surface area contributed by atoms with Gasteiger partial charge in [0.1, 0.15) is 5.82 Å². The fourth-order valence-electron chi connectivity index (χ4n) is 2.30. The quantitative estimate of drug-likeness (QED) is 0.829. The lowest BCUT2D eigenvalue weighted by molar-refractivity contribution is -0.132. The second-order valence-corrected chi connectivity index (χ2v) is 5.33. The number of carbonyl (C=O) groups excluding carboxylic acids is 1. The number of ether oxygens (including phenoxy) is 1. The summed E-state index contributed by atoms with van der Waals surface area (Å²) in [6.45, 7) is 3.07. The Balaban J connectivity index is 1.83. The SMILES string of the molecule is CN1CCOC(CN(C)C(=O)Cc2ccc(F)cc2)C1. The van der Waals surface area contributed by atoms with Crippen molar-refractivity contribution in [1.29, 1.82) is 0 Å². The molecule has 1 heterocycles. The van der Waals surface area contributed by atoms with Gasteiger partial charge in [0, 0.05) is 26.7 Å². The van der Waals surface area contributed by atoms with Crippen LogP contribution in [0.5, 0.6) is 0 Å². The molecule has 1 aliphatic heterocycles. The van der Waals surface area contributed by atoms with E-state index >= 15 is 0 Å². The Kier molecular flexibility index (Phi) is 5.09. The highest BCUT2D eigenvalue weighted by molar-refractivity contribution is 5.78. The van der Waals surface area contributed by atoms with Crippen LogP contribution in [-0.4, -0.2) is 62.1 Å². The van der Waals surface area contributed by atoms with Crippen molar-refractivity contribution in [2.45, 2.75) is 12.5 Å². The predicted molar refractivity (Wildman–Crippen MR) is 75.0 cm³/mol. The van der Waals surface area contributed by atoms with Crippen molar-refractivity contribution in [3.63, 3.8) is 0 Å². The van der Waals surface area contributed by atoms with Crippen molar-refractivity contribution in [2.24, 2.45) is 0 Å². The summed E-state index contributed by atoms with van der Waals surface area (Å²) in [4.78, 5) is 16.0. The summed E-state index contributed by atoms with van der Waals surface area (Å²) in [5, 5.41) is 0. The molecule has 20 heavy (non-hydrogen) atoms. The van der Waals surface area contributed by atoms with Crippen LogP contribution in [0.2, 0.25) is 0 Å². The molecule has 0 bridgehead atoms. The van der Waals surface area contributed by atoms with E-state index in [4.69, 9.17) is 4.74 Å². The minimum absolute atomic E-state index is 0.0217. The molecule has 0 radical (unpaired) electrons. The number of nitrogens with zero attached hydrogens (tertiary/aromatic N) is 2. The summed E-state index contributed by atoms with van der Waals surface area (Å²) in [6, 6.07) is 6.04. The van der Waals surface area contributed by atoms with Crippen LogP contribution in [-0.2, 0) is 16.0 Å². The first-order valence-electron chi connectivity index (χ1n) is 6.83. The van der Waals surface area contributed by atoms with Crippen LogP contribution in [0.25, 0.3) is 0 Å². The predicted octanol–water partition coefficient (Wildman–Crippen LogP) is 1.16. The van der Waals surface area contributed by atoms with Gasteiger partial charge in [0.05, 0.1) is 19.1 Å². The third kappa shape index (κ3) is 4.28. The normalized spacial score (nSPS) is 19.9. The van der Waals surface area contributed by atoms with Crippen LogP contribution in [0.4, 0.5) is 4.39 Å². The number of carbonyl (C=O) groups is 1. The van der Waals surface area contributed by atoms with Crippen molar-refractivity contribution in [1.82, 2.24) is 9.80 Å². The molecular weight excluding hydrogens is 259 g/mol. The Labute approximate surface area is 119 Å². The number of hydrogen-bond acceptors (Lipinski definition) is 3. The van der Waals surface area contributed by atoms with Gasteiger partial charge >= 0.3 is 0 Å². The molecule has 1 aromatic carbocycles. The van der Waals surface area contributed by atoms with Crippen LogP contribution in [0.15, 0.2) is 24.3 Å². The summed E-state index contributed by atoms with van der Waals surface area (Å²) in [6.07, 6.45) is 0.357. The maximum Gasteiger partial charge on any atom is 0.226 e. The molecule has 1 aromatic rings. The number of rotatable bonds is 4. The first-order chi connectivity index (χ1) is 9.54. The summed E-state index contributed by atoms with van der Waals surface area (Å²) in [5.41, 5.74) is 0.824. The first-order valence-corrected chi connectivity index (χ1v) is 6.83. The molecule has 0 aliphatic carbocycles. The first kappa shape index (κ1) is 14.9. The largest absolute Gasteiger partial charge is 0.374 e. The second kappa shape index (κ2) is 6.81. The van der Waals surface area contributed by atoms with Gasteiger partial charge in [0.25, 0.3) is 0 Å². The second-order valence-electron chi connectivity index (χ2n) is 5.33. The maximum atomic E-state index is 12.8. The van der Waals surface area contributed by atoms with Crippen molar-refractivity contribution < 1.29 is 13.9 Å². The van der Waals surface area contributed by atoms with E-state index in [1.54, 1.807) is 24.1 Å². The van der Waals surface area contributed by atoms with Gasteiger partial charge in [-0.3, -0.25) is 4.79 Å². The number of likely N-dealkylation sites (N-methyl/N-ethyl adjacent to an activating group) is 2. The molecule has 5 heteroatoms. The number of halogens is 1. The molecule has 0 N–H and O–H groups in total. The molecule has 1 saturated heterocycles. The molecule has 0 aromatic heterocycles. The van der Waals surface area contributed by atoms with Crippen LogP contribution < -0.4 is 0 Å². The fraction of sp³-hybridized carbons (Fsp3) is 0.533. The zero-order valence-electron chi connectivity index (χ0n) is 12.0. The van der Waals surface area contributed by atoms with Crippen LogP contribution in [0.1, 0.15) is 5.56 Å². The van der Waals surface area contributed by atoms with E-state index < -0.39 is 0 Å². The minimum Gasteiger partial charge on any atom is -0.374 e. The molecule has 0 spiro atoms. The minimum atomic E-state index is -0.284. The van der Waals surface area contributed by atoms with Gasteiger partial charge in [-0.15, -0.1) is 0 Å². The zero-order valence-corrected chi connectivity index (χ0v) is 12.0. The summed E-state index contributed by atoms with van der Waals surface area (Å²) in [7, 11) is 3.83. The lowest BCUT2D eigenvalue weighted by Crippen LogP contribution is -2.46. The van der Waals surface area contributed by atoms with Crippen LogP contribution in [0.3, 0.4) is 0 Å². The fourth-order valence-corrected chi connectivity index (χ4v) is 2.30. The molecule has 1 aliphatic rings. The molecule has 1 fully saturated rings. The molecule has 1 atom stereocenters. The summed E-state index contributed by atoms with van der Waals surface area (Å²) >= 11 is 0. The van der Waals surface area contributed by atoms with Crippen molar-refractivity contribution in [3.8, 4) is 0 Å². The van der Waals surface area contributed by atoms with Gasteiger partial charge in [0.15, 0.2) is 0 Å². The third-order valence-electron chi connectivity index (χ3n) is 3.51. The average Bonchev–Trinajstić information content (AvgIpc) is 2.41. The highest BCUT2D eigenvalue weighted by Gasteiger charge is 2.21. The summed E-state index contributed by atoms with van der Waals surface area (Å²) in [5.74, 6) is -0.262. The van der Waals surface area contributed by atoms with E-state index in [1.165, 1.54) is 12.1 Å². The monoisotopic (exact) mass is 280 g/mol.